The van der Waals surface area contributed by atoms with Crippen molar-refractivity contribution in [1.82, 2.24) is 20.0 Å². The molecule has 0 fully saturated rings. The minimum Gasteiger partial charge on any atom is -0.325 e. The summed E-state index contributed by atoms with van der Waals surface area (Å²) in [5.41, 5.74) is -0.718. The number of pyridine rings is 2. The van der Waals surface area contributed by atoms with Crippen LogP contribution in [0.4, 0.5) is 38.3 Å². The number of nitrogens with one attached hydrogen (secondary N) is 2. The van der Waals surface area contributed by atoms with Gasteiger partial charge in [-0.05, 0) is 47.9 Å². The highest BCUT2D eigenvalue weighted by atomic mass is 32.2. The lowest BCUT2D eigenvalue weighted by atomic mass is 10.0. The number of urea groups is 1. The monoisotopic (exact) mass is 584 g/mol. The smallest absolute Gasteiger partial charge is 0.325 e. The van der Waals surface area contributed by atoms with Crippen LogP contribution in [0.5, 0.6) is 0 Å². The lowest BCUT2D eigenvalue weighted by Crippen LogP contribution is -2.54. The predicted molar refractivity (Wildman–Crippen MR) is 132 cm³/mol. The molecule has 0 bridgehead atoms. The molecule has 2 aromatic heterocycles. The Kier molecular flexibility index (Phi) is 7.91. The number of alkyl halides is 3. The molecule has 10 nitrogen and oxygen atoms in total. The molecular weight excluding hydrogens is 563 g/mol. The lowest BCUT2D eigenvalue weighted by Gasteiger charge is -2.26. The Balaban J connectivity index is 1.56. The number of rotatable bonds is 7. The molecule has 4 rings (SSSR count). The molecule has 1 aromatic carbocycles. The fourth-order valence-electron chi connectivity index (χ4n) is 4.05. The third kappa shape index (κ3) is 6.44. The van der Waals surface area contributed by atoms with E-state index in [-0.39, 0.29) is 23.6 Å². The van der Waals surface area contributed by atoms with Gasteiger partial charge in [0.05, 0.1) is 11.9 Å². The highest BCUT2D eigenvalue weighted by Gasteiger charge is 2.34. The standard InChI is InChI=1S/C24H21F5N6O4S/c1-34(18-4-5-20(31-13-18)24(27,28)29)22(36)19(11-14-9-16(25)12-17(26)10-14)32-23(37)33-40(38,39)35-8-6-15-3-2-7-30-21(15)35/h2-5,7,9-10,12-13,19H,6,8,11H2,1H3,(H2,32,33,37)/t19-/m0/s1. The van der Waals surface area contributed by atoms with Crippen molar-refractivity contribution in [1.29, 1.82) is 0 Å². The summed E-state index contributed by atoms with van der Waals surface area (Å²) >= 11 is 0. The highest BCUT2D eigenvalue weighted by Crippen LogP contribution is 2.29. The van der Waals surface area contributed by atoms with Crippen LogP contribution in [-0.2, 0) is 34.0 Å². The topological polar surface area (TPSA) is 125 Å². The van der Waals surface area contributed by atoms with Gasteiger partial charge in [0, 0.05) is 32.3 Å². The predicted octanol–water partition coefficient (Wildman–Crippen LogP) is 2.95. The fourth-order valence-corrected chi connectivity index (χ4v) is 5.18. The molecule has 0 aliphatic carbocycles. The molecule has 212 valence electrons. The molecule has 1 atom stereocenters. The van der Waals surface area contributed by atoms with Crippen molar-refractivity contribution in [2.24, 2.45) is 0 Å². The molecule has 1 aliphatic rings. The summed E-state index contributed by atoms with van der Waals surface area (Å²) in [6.07, 6.45) is -2.70. The molecule has 0 unspecified atom stereocenters. The number of fused-ring (bicyclic) bond motifs is 1. The summed E-state index contributed by atoms with van der Waals surface area (Å²) in [7, 11) is -3.30. The van der Waals surface area contributed by atoms with E-state index in [4.69, 9.17) is 0 Å². The van der Waals surface area contributed by atoms with Crippen molar-refractivity contribution in [3.05, 3.63) is 83.3 Å². The summed E-state index contributed by atoms with van der Waals surface area (Å²) in [5, 5.41) is 2.18. The van der Waals surface area contributed by atoms with Gasteiger partial charge in [-0.2, -0.15) is 21.6 Å². The van der Waals surface area contributed by atoms with Gasteiger partial charge >= 0.3 is 22.4 Å². The zero-order chi connectivity index (χ0) is 29.2. The van der Waals surface area contributed by atoms with Gasteiger partial charge in [0.1, 0.15) is 29.2 Å². The van der Waals surface area contributed by atoms with Gasteiger partial charge in [0.15, 0.2) is 0 Å². The molecule has 3 heterocycles. The van der Waals surface area contributed by atoms with Crippen molar-refractivity contribution in [3.8, 4) is 0 Å². The van der Waals surface area contributed by atoms with Crippen LogP contribution in [0.25, 0.3) is 0 Å². The van der Waals surface area contributed by atoms with Crippen LogP contribution >= 0.6 is 0 Å². The van der Waals surface area contributed by atoms with Gasteiger partial charge in [-0.15, -0.1) is 0 Å². The first kappa shape index (κ1) is 28.7. The maximum atomic E-state index is 13.8. The Bertz CT molecular complexity index is 1520. The second-order valence-corrected chi connectivity index (χ2v) is 10.3. The first-order valence-electron chi connectivity index (χ1n) is 11.6. The van der Waals surface area contributed by atoms with Crippen molar-refractivity contribution in [3.63, 3.8) is 0 Å². The Hall–Kier alpha value is -4.34. The Morgan fingerprint density at radius 3 is 2.42 bits per heavy atom. The number of likely N-dealkylation sites (N-methyl/N-ethyl adjacent to an activating group) is 1. The van der Waals surface area contributed by atoms with E-state index in [0.717, 1.165) is 33.6 Å². The van der Waals surface area contributed by atoms with Crippen LogP contribution in [0.3, 0.4) is 0 Å². The van der Waals surface area contributed by atoms with E-state index in [1.807, 2.05) is 0 Å². The Morgan fingerprint density at radius 1 is 1.10 bits per heavy atom. The molecule has 1 aliphatic heterocycles. The van der Waals surface area contributed by atoms with Crippen LogP contribution in [0.15, 0.2) is 54.9 Å². The summed E-state index contributed by atoms with van der Waals surface area (Å²) < 4.78 is 94.6. The second kappa shape index (κ2) is 11.0. The van der Waals surface area contributed by atoms with E-state index in [1.54, 1.807) is 16.9 Å². The van der Waals surface area contributed by atoms with Crippen LogP contribution in [0.2, 0.25) is 0 Å². The number of halogens is 5. The summed E-state index contributed by atoms with van der Waals surface area (Å²) in [5.74, 6) is -2.74. The van der Waals surface area contributed by atoms with Crippen LogP contribution in [0, 0.1) is 11.6 Å². The molecule has 16 heteroatoms. The van der Waals surface area contributed by atoms with Gasteiger partial charge in [-0.1, -0.05) is 6.07 Å². The number of hydrogen-bond acceptors (Lipinski definition) is 6. The lowest BCUT2D eigenvalue weighted by molar-refractivity contribution is -0.141. The molecule has 3 aromatic rings. The maximum absolute atomic E-state index is 13.8. The van der Waals surface area contributed by atoms with Gasteiger partial charge in [-0.3, -0.25) is 4.79 Å². The number of carbonyl (C=O) groups excluding carboxylic acids is 2. The first-order valence-corrected chi connectivity index (χ1v) is 13.0. The van der Waals surface area contributed by atoms with E-state index < -0.39 is 58.1 Å². The number of hydrogen-bond donors (Lipinski definition) is 2. The fraction of sp³-hybridized carbons (Fsp3) is 0.250. The van der Waals surface area contributed by atoms with Gasteiger partial charge in [-0.25, -0.2) is 32.6 Å². The average molecular weight is 585 g/mol. The summed E-state index contributed by atoms with van der Waals surface area (Å²) in [6.45, 7) is 0.00352. The third-order valence-electron chi connectivity index (χ3n) is 5.92. The van der Waals surface area contributed by atoms with Gasteiger partial charge < -0.3 is 10.2 Å². The molecule has 3 amide bonds. The average Bonchev–Trinajstić information content (AvgIpc) is 3.31. The van der Waals surface area contributed by atoms with Gasteiger partial charge in [0.2, 0.25) is 5.91 Å². The molecule has 0 saturated carbocycles. The number of aromatic nitrogens is 2. The number of benzene rings is 1. The molecule has 2 N–H and O–H groups in total. The zero-order valence-corrected chi connectivity index (χ0v) is 21.4. The van der Waals surface area contributed by atoms with Crippen molar-refractivity contribution >= 4 is 33.7 Å². The summed E-state index contributed by atoms with van der Waals surface area (Å²) in [6, 6.07) is 4.39. The van der Waals surface area contributed by atoms with E-state index in [2.05, 4.69) is 15.3 Å². The number of amides is 3. The number of carbonyl (C=O) groups is 2. The Labute approximate surface area is 225 Å². The summed E-state index contributed by atoms with van der Waals surface area (Å²) in [4.78, 5) is 34.2. The molecule has 40 heavy (non-hydrogen) atoms. The molecule has 0 saturated heterocycles. The zero-order valence-electron chi connectivity index (χ0n) is 20.6. The number of nitrogens with zero attached hydrogens (tertiary/aromatic N) is 4. The van der Waals surface area contributed by atoms with E-state index >= 15 is 0 Å². The maximum Gasteiger partial charge on any atom is 0.433 e. The SMILES string of the molecule is CN(C(=O)[C@H](Cc1cc(F)cc(F)c1)NC(=O)NS(=O)(=O)N1CCc2cccnc21)c1ccc(C(F)(F)F)nc1. The van der Waals surface area contributed by atoms with E-state index in [1.165, 1.54) is 13.2 Å². The molecule has 0 radical (unpaired) electrons. The van der Waals surface area contributed by atoms with Crippen LogP contribution in [-0.4, -0.2) is 50.0 Å². The van der Waals surface area contributed by atoms with E-state index in [0.29, 0.717) is 24.1 Å². The molecular formula is C24H21F5N6O4S. The van der Waals surface area contributed by atoms with Crippen molar-refractivity contribution < 1.29 is 40.0 Å². The highest BCUT2D eigenvalue weighted by molar-refractivity contribution is 7.91. The minimum absolute atomic E-state index is 0.00352. The number of anilines is 2. The van der Waals surface area contributed by atoms with Crippen molar-refractivity contribution in [2.45, 2.75) is 25.1 Å². The Morgan fingerprint density at radius 2 is 1.80 bits per heavy atom. The largest absolute Gasteiger partial charge is 0.433 e. The van der Waals surface area contributed by atoms with Crippen LogP contribution in [0.1, 0.15) is 16.8 Å². The third-order valence-corrected chi connectivity index (χ3v) is 7.30. The van der Waals surface area contributed by atoms with Crippen LogP contribution < -0.4 is 19.2 Å². The van der Waals surface area contributed by atoms with Crippen molar-refractivity contribution in [2.75, 3.05) is 22.8 Å². The normalized spacial score (nSPS) is 13.9. The molecule has 0 spiro atoms. The second-order valence-electron chi connectivity index (χ2n) is 8.72. The first-order chi connectivity index (χ1) is 18.7. The quantitative estimate of drug-likeness (QED) is 0.412. The van der Waals surface area contributed by atoms with Gasteiger partial charge in [0.25, 0.3) is 0 Å². The van der Waals surface area contributed by atoms with E-state index in [9.17, 15) is 40.0 Å². The minimum atomic E-state index is -4.72.